The number of ketones is 1. The van der Waals surface area contributed by atoms with E-state index >= 15 is 0 Å². The first-order chi connectivity index (χ1) is 17.2. The lowest BCUT2D eigenvalue weighted by Gasteiger charge is -2.37. The Morgan fingerprint density at radius 2 is 1.67 bits per heavy atom. The summed E-state index contributed by atoms with van der Waals surface area (Å²) in [4.78, 5) is 38.9. The first-order valence-electron chi connectivity index (χ1n) is 12.0. The molecule has 0 unspecified atom stereocenters. The average Bonchev–Trinajstić information content (AvgIpc) is 2.86. The molecule has 0 radical (unpaired) electrons. The molecule has 2 aliphatic rings. The van der Waals surface area contributed by atoms with Crippen LogP contribution < -0.4 is 10.1 Å². The highest BCUT2D eigenvalue weighted by Crippen LogP contribution is 2.47. The summed E-state index contributed by atoms with van der Waals surface area (Å²) in [5.74, 6) is -0.873. The van der Waals surface area contributed by atoms with Gasteiger partial charge >= 0.3 is 11.9 Å². The van der Waals surface area contributed by atoms with E-state index in [2.05, 4.69) is 5.32 Å². The van der Waals surface area contributed by atoms with E-state index in [9.17, 15) is 14.4 Å². The Morgan fingerprint density at radius 3 is 2.31 bits per heavy atom. The van der Waals surface area contributed by atoms with E-state index in [4.69, 9.17) is 14.2 Å². The zero-order valence-electron chi connectivity index (χ0n) is 21.2. The van der Waals surface area contributed by atoms with Crippen molar-refractivity contribution in [3.8, 4) is 5.75 Å². The third-order valence-corrected chi connectivity index (χ3v) is 6.63. The summed E-state index contributed by atoms with van der Waals surface area (Å²) in [5, 5.41) is 3.35. The number of dihydropyridines is 1. The maximum Gasteiger partial charge on any atom is 0.337 e. The molecule has 36 heavy (non-hydrogen) atoms. The smallest absolute Gasteiger partial charge is 0.337 e. The maximum atomic E-state index is 13.7. The molecule has 1 N–H and O–H groups in total. The lowest BCUT2D eigenvalue weighted by atomic mass is 9.71. The zero-order valence-corrected chi connectivity index (χ0v) is 21.2. The van der Waals surface area contributed by atoms with Crippen LogP contribution in [0.3, 0.4) is 0 Å². The van der Waals surface area contributed by atoms with Crippen LogP contribution in [-0.4, -0.2) is 38.0 Å². The van der Waals surface area contributed by atoms with E-state index in [1.807, 2.05) is 31.2 Å². The van der Waals surface area contributed by atoms with Gasteiger partial charge in [-0.1, -0.05) is 30.3 Å². The second-order valence-electron chi connectivity index (χ2n) is 9.33. The third-order valence-electron chi connectivity index (χ3n) is 6.63. The van der Waals surface area contributed by atoms with Crippen molar-refractivity contribution in [1.82, 2.24) is 5.32 Å². The predicted octanol–water partition coefficient (Wildman–Crippen LogP) is 4.80. The number of nitrogens with one attached hydrogen (secondary N) is 1. The number of methoxy groups -OCH3 is 2. The maximum absolute atomic E-state index is 13.7. The van der Waals surface area contributed by atoms with E-state index < -0.39 is 17.9 Å². The Bertz CT molecular complexity index is 1250. The number of carbonyl (C=O) groups is 3. The zero-order chi connectivity index (χ0) is 26.0. The quantitative estimate of drug-likeness (QED) is 0.583. The minimum atomic E-state index is -0.606. The van der Waals surface area contributed by atoms with Crippen LogP contribution in [0.5, 0.6) is 5.75 Å². The fourth-order valence-corrected chi connectivity index (χ4v) is 5.07. The van der Waals surface area contributed by atoms with Gasteiger partial charge < -0.3 is 19.5 Å². The standard InChI is InChI=1S/C29H31NO6/c1-16(2)36-29(33)25-17(3)30-22-14-20(21-8-6-7-9-24(21)34-4)15-23(31)27(22)26(25)18-10-12-19(13-11-18)28(32)35-5/h6-13,16,20,26,30H,14-15H2,1-5H3/t20-,26-/m1/s1. The Morgan fingerprint density at radius 1 is 0.972 bits per heavy atom. The molecule has 2 aromatic carbocycles. The van der Waals surface area contributed by atoms with Gasteiger partial charge in [-0.05, 0) is 56.5 Å². The third kappa shape index (κ3) is 4.78. The number of carbonyl (C=O) groups excluding carboxylic acids is 3. The Balaban J connectivity index is 1.80. The predicted molar refractivity (Wildman–Crippen MR) is 135 cm³/mol. The molecule has 0 bridgehead atoms. The molecule has 0 spiro atoms. The van der Waals surface area contributed by atoms with E-state index in [1.165, 1.54) is 7.11 Å². The number of hydrogen-bond acceptors (Lipinski definition) is 7. The second kappa shape index (κ2) is 10.4. The number of benzene rings is 2. The number of esters is 2. The van der Waals surface area contributed by atoms with E-state index in [0.29, 0.717) is 35.2 Å². The van der Waals surface area contributed by atoms with Crippen LogP contribution in [0.2, 0.25) is 0 Å². The molecule has 7 nitrogen and oxygen atoms in total. The van der Waals surface area contributed by atoms with Crippen LogP contribution >= 0.6 is 0 Å². The van der Waals surface area contributed by atoms with Crippen LogP contribution in [0.1, 0.15) is 66.9 Å². The number of ether oxygens (including phenoxy) is 3. The Labute approximate surface area is 211 Å². The average molecular weight is 490 g/mol. The van der Waals surface area contributed by atoms with Gasteiger partial charge in [0.1, 0.15) is 5.75 Å². The lowest BCUT2D eigenvalue weighted by molar-refractivity contribution is -0.143. The molecular formula is C29H31NO6. The summed E-state index contributed by atoms with van der Waals surface area (Å²) in [6.07, 6.45) is 0.582. The van der Waals surface area contributed by atoms with Crippen molar-refractivity contribution in [1.29, 1.82) is 0 Å². The minimum absolute atomic E-state index is 0.0379. The molecule has 2 atom stereocenters. The van der Waals surface area contributed by atoms with E-state index in [-0.39, 0.29) is 17.8 Å². The Hall–Kier alpha value is -3.87. The van der Waals surface area contributed by atoms with Crippen molar-refractivity contribution in [2.45, 2.75) is 51.6 Å². The normalized spacial score (nSPS) is 19.6. The van der Waals surface area contributed by atoms with Crippen molar-refractivity contribution >= 4 is 17.7 Å². The number of rotatable bonds is 6. The molecule has 0 saturated carbocycles. The summed E-state index contributed by atoms with van der Waals surface area (Å²) in [6.45, 7) is 5.41. The van der Waals surface area contributed by atoms with Crippen LogP contribution in [0.25, 0.3) is 0 Å². The van der Waals surface area contributed by atoms with Gasteiger partial charge in [0.05, 0.1) is 31.5 Å². The molecule has 0 amide bonds. The van der Waals surface area contributed by atoms with Gasteiger partial charge in [-0.3, -0.25) is 4.79 Å². The number of Topliss-reactive ketones (excluding diaryl/α,β-unsaturated/α-hetero) is 1. The van der Waals surface area contributed by atoms with Crippen molar-refractivity contribution < 1.29 is 28.6 Å². The van der Waals surface area contributed by atoms with Crippen LogP contribution in [0, 0.1) is 0 Å². The summed E-state index contributed by atoms with van der Waals surface area (Å²) >= 11 is 0. The number of para-hydroxylation sites is 1. The molecule has 1 aliphatic carbocycles. The van der Waals surface area contributed by atoms with Gasteiger partial charge in [-0.25, -0.2) is 9.59 Å². The first kappa shape index (κ1) is 25.2. The van der Waals surface area contributed by atoms with Crippen molar-refractivity contribution in [2.75, 3.05) is 14.2 Å². The summed E-state index contributed by atoms with van der Waals surface area (Å²) < 4.78 is 15.9. The number of hydrogen-bond donors (Lipinski definition) is 1. The second-order valence-corrected chi connectivity index (χ2v) is 9.33. The molecule has 1 heterocycles. The van der Waals surface area contributed by atoms with Crippen LogP contribution in [0.15, 0.2) is 71.1 Å². The molecule has 0 aromatic heterocycles. The monoisotopic (exact) mass is 489 g/mol. The fraction of sp³-hybridized carbons (Fsp3) is 0.345. The van der Waals surface area contributed by atoms with Crippen molar-refractivity contribution in [2.24, 2.45) is 0 Å². The van der Waals surface area contributed by atoms with Crippen LogP contribution in [-0.2, 0) is 19.1 Å². The van der Waals surface area contributed by atoms with Crippen LogP contribution in [0.4, 0.5) is 0 Å². The first-order valence-corrected chi connectivity index (χ1v) is 12.0. The van der Waals surface area contributed by atoms with Gasteiger partial charge in [0.25, 0.3) is 0 Å². The molecule has 0 saturated heterocycles. The highest BCUT2D eigenvalue weighted by atomic mass is 16.5. The summed E-state index contributed by atoms with van der Waals surface area (Å²) in [6, 6.07) is 14.6. The van der Waals surface area contributed by atoms with Gasteiger partial charge in [-0.2, -0.15) is 0 Å². The number of allylic oxidation sites excluding steroid dienone is 3. The topological polar surface area (TPSA) is 90.9 Å². The Kier molecular flexibility index (Phi) is 7.29. The summed E-state index contributed by atoms with van der Waals surface area (Å²) in [7, 11) is 2.95. The molecule has 188 valence electrons. The van der Waals surface area contributed by atoms with Gasteiger partial charge in [0, 0.05) is 35.2 Å². The van der Waals surface area contributed by atoms with Gasteiger partial charge in [0.2, 0.25) is 0 Å². The molecule has 4 rings (SSSR count). The van der Waals surface area contributed by atoms with Gasteiger partial charge in [-0.15, -0.1) is 0 Å². The highest BCUT2D eigenvalue weighted by molar-refractivity contribution is 6.04. The molecule has 1 aliphatic heterocycles. The molecule has 0 fully saturated rings. The van der Waals surface area contributed by atoms with Gasteiger partial charge in [0.15, 0.2) is 5.78 Å². The van der Waals surface area contributed by atoms with E-state index in [0.717, 1.165) is 22.6 Å². The SMILES string of the molecule is COC(=O)c1ccc([C@@H]2C(C(=O)OC(C)C)=C(C)NC3=C2C(=O)C[C@H](c2ccccc2OC)C3)cc1. The molecule has 2 aromatic rings. The minimum Gasteiger partial charge on any atom is -0.496 e. The lowest BCUT2D eigenvalue weighted by Crippen LogP contribution is -2.36. The molecule has 7 heteroatoms. The van der Waals surface area contributed by atoms with E-state index in [1.54, 1.807) is 45.2 Å². The molecular weight excluding hydrogens is 458 g/mol. The largest absolute Gasteiger partial charge is 0.496 e. The van der Waals surface area contributed by atoms with Crippen molar-refractivity contribution in [3.63, 3.8) is 0 Å². The fourth-order valence-electron chi connectivity index (χ4n) is 5.07. The van der Waals surface area contributed by atoms with Crippen molar-refractivity contribution in [3.05, 3.63) is 87.8 Å². The highest BCUT2D eigenvalue weighted by Gasteiger charge is 2.42. The summed E-state index contributed by atoms with van der Waals surface area (Å²) in [5.41, 5.74) is 4.51.